The minimum absolute atomic E-state index is 0.0509. The van der Waals surface area contributed by atoms with Gasteiger partial charge in [-0.25, -0.2) is 4.79 Å². The summed E-state index contributed by atoms with van der Waals surface area (Å²) in [5.74, 6) is -0.512. The fourth-order valence-corrected chi connectivity index (χ4v) is 4.21. The molecule has 1 atom stereocenters. The first-order valence-electron chi connectivity index (χ1n) is 14.4. The maximum absolute atomic E-state index is 12.6. The van der Waals surface area contributed by atoms with Gasteiger partial charge in [0.2, 0.25) is 0 Å². The number of non-ortho nitro benzene ring substituents is 2. The van der Waals surface area contributed by atoms with Crippen molar-refractivity contribution in [1.82, 2.24) is 0 Å². The van der Waals surface area contributed by atoms with E-state index in [1.54, 1.807) is 0 Å². The summed E-state index contributed by atoms with van der Waals surface area (Å²) in [7, 11) is 0. The van der Waals surface area contributed by atoms with Gasteiger partial charge in [-0.1, -0.05) is 57.6 Å². The lowest BCUT2D eigenvalue weighted by Crippen LogP contribution is -2.18. The molecule has 0 amide bonds. The van der Waals surface area contributed by atoms with Gasteiger partial charge in [-0.3, -0.25) is 25.0 Å². The molecule has 0 fully saturated rings. The third-order valence-corrected chi connectivity index (χ3v) is 6.56. The van der Waals surface area contributed by atoms with Gasteiger partial charge in [-0.2, -0.15) is 0 Å². The number of hydrogen-bond donors (Lipinski definition) is 0. The number of carbonyl (C=O) groups excluding carboxylic acids is 2. The highest BCUT2D eigenvalue weighted by Crippen LogP contribution is 2.19. The highest BCUT2D eigenvalue weighted by Gasteiger charge is 2.16. The van der Waals surface area contributed by atoms with Crippen LogP contribution >= 0.6 is 0 Å². The molecular weight excluding hydrogens is 528 g/mol. The van der Waals surface area contributed by atoms with Gasteiger partial charge in [0.05, 0.1) is 15.4 Å². The molecule has 0 spiro atoms. The van der Waals surface area contributed by atoms with Crippen molar-refractivity contribution >= 4 is 23.3 Å². The van der Waals surface area contributed by atoms with Crippen LogP contribution in [-0.4, -0.2) is 27.9 Å². The molecule has 0 bridgehead atoms. The summed E-state index contributed by atoms with van der Waals surface area (Å²) in [6, 6.07) is 10.9. The molecule has 2 aromatic carbocycles. The zero-order valence-corrected chi connectivity index (χ0v) is 23.7. The standard InChI is InChI=1S/C31H40N2O8/c1-2-3-4-11-14-28(41-31(35)25-17-19-26(20-18-25)32(36)37)15-12-9-7-5-6-8-10-13-16-30(34)40-29-23-21-27(22-24-29)33(38)39/h9,12,17-24,28H,2-8,10-11,13-16H2,1H3. The normalized spacial score (nSPS) is 11.7. The van der Waals surface area contributed by atoms with Crippen LogP contribution in [-0.2, 0) is 9.53 Å². The number of rotatable bonds is 20. The molecule has 0 aliphatic rings. The smallest absolute Gasteiger partial charge is 0.338 e. The predicted octanol–water partition coefficient (Wildman–Crippen LogP) is 8.28. The lowest BCUT2D eigenvalue weighted by atomic mass is 10.1. The maximum Gasteiger partial charge on any atom is 0.338 e. The van der Waals surface area contributed by atoms with E-state index >= 15 is 0 Å². The molecule has 0 N–H and O–H groups in total. The van der Waals surface area contributed by atoms with E-state index in [1.165, 1.54) is 48.5 Å². The van der Waals surface area contributed by atoms with Crippen LogP contribution in [0.15, 0.2) is 60.7 Å². The largest absolute Gasteiger partial charge is 0.458 e. The number of nitrogens with zero attached hydrogens (tertiary/aromatic N) is 2. The van der Waals surface area contributed by atoms with Gasteiger partial charge in [0.15, 0.2) is 0 Å². The van der Waals surface area contributed by atoms with Crippen LogP contribution in [0.2, 0.25) is 0 Å². The molecule has 222 valence electrons. The van der Waals surface area contributed by atoms with Crippen molar-refractivity contribution in [1.29, 1.82) is 0 Å². The van der Waals surface area contributed by atoms with Crippen molar-refractivity contribution in [2.45, 2.75) is 96.5 Å². The Labute approximate surface area is 241 Å². The van der Waals surface area contributed by atoms with E-state index in [9.17, 15) is 29.8 Å². The quantitative estimate of drug-likeness (QED) is 0.0388. The Morgan fingerprint density at radius 3 is 2.00 bits per heavy atom. The summed E-state index contributed by atoms with van der Waals surface area (Å²) in [5, 5.41) is 21.5. The Morgan fingerprint density at radius 2 is 1.37 bits per heavy atom. The van der Waals surface area contributed by atoms with Gasteiger partial charge in [-0.05, 0) is 56.4 Å². The number of nitro groups is 2. The fourth-order valence-electron chi connectivity index (χ4n) is 4.21. The van der Waals surface area contributed by atoms with E-state index in [1.807, 2.05) is 0 Å². The minimum Gasteiger partial charge on any atom is -0.458 e. The summed E-state index contributed by atoms with van der Waals surface area (Å²) < 4.78 is 10.9. The summed E-state index contributed by atoms with van der Waals surface area (Å²) in [5.41, 5.74) is 0.186. The summed E-state index contributed by atoms with van der Waals surface area (Å²) in [6.07, 6.45) is 15.6. The molecule has 0 heterocycles. The summed E-state index contributed by atoms with van der Waals surface area (Å²) in [6.45, 7) is 2.15. The first-order chi connectivity index (χ1) is 19.8. The molecule has 0 radical (unpaired) electrons. The third-order valence-electron chi connectivity index (χ3n) is 6.56. The molecule has 2 rings (SSSR count). The Hall–Kier alpha value is -4.08. The predicted molar refractivity (Wildman–Crippen MR) is 156 cm³/mol. The maximum atomic E-state index is 12.6. The van der Waals surface area contributed by atoms with Gasteiger partial charge in [0, 0.05) is 37.1 Å². The molecule has 0 saturated heterocycles. The average molecular weight is 569 g/mol. The number of ether oxygens (including phenoxy) is 2. The van der Waals surface area contributed by atoms with E-state index in [4.69, 9.17) is 9.47 Å². The SMILES string of the molecule is CCCCCCC(CC=CCCCCCCCC(=O)Oc1ccc([N+](=O)[O-])cc1)OC(=O)c1ccc([N+](=O)[O-])cc1. The number of unbranched alkanes of at least 4 members (excludes halogenated alkanes) is 8. The van der Waals surface area contributed by atoms with Crippen molar-refractivity contribution in [3.63, 3.8) is 0 Å². The van der Waals surface area contributed by atoms with Gasteiger partial charge < -0.3 is 9.47 Å². The Balaban J connectivity index is 1.63. The molecular formula is C31H40N2O8. The second-order valence-electron chi connectivity index (χ2n) is 9.92. The average Bonchev–Trinajstić information content (AvgIpc) is 2.96. The van der Waals surface area contributed by atoms with E-state index in [2.05, 4.69) is 19.1 Å². The summed E-state index contributed by atoms with van der Waals surface area (Å²) in [4.78, 5) is 45.1. The second-order valence-corrected chi connectivity index (χ2v) is 9.92. The van der Waals surface area contributed by atoms with E-state index in [0.29, 0.717) is 24.2 Å². The number of esters is 2. The summed E-state index contributed by atoms with van der Waals surface area (Å²) >= 11 is 0. The van der Waals surface area contributed by atoms with Crippen LogP contribution in [0.25, 0.3) is 0 Å². The zero-order chi connectivity index (χ0) is 29.9. The van der Waals surface area contributed by atoms with Crippen molar-refractivity contribution in [2.75, 3.05) is 0 Å². The van der Waals surface area contributed by atoms with Gasteiger partial charge in [-0.15, -0.1) is 0 Å². The highest BCUT2D eigenvalue weighted by molar-refractivity contribution is 5.89. The molecule has 0 saturated carbocycles. The number of carbonyl (C=O) groups is 2. The van der Waals surface area contributed by atoms with Crippen LogP contribution in [0.1, 0.15) is 101 Å². The van der Waals surface area contributed by atoms with Crippen molar-refractivity contribution in [3.8, 4) is 5.75 Å². The highest BCUT2D eigenvalue weighted by atomic mass is 16.6. The van der Waals surface area contributed by atoms with Crippen LogP contribution in [0.4, 0.5) is 11.4 Å². The molecule has 1 unspecified atom stereocenters. The first kappa shape index (κ1) is 33.1. The monoisotopic (exact) mass is 568 g/mol. The zero-order valence-electron chi connectivity index (χ0n) is 23.7. The molecule has 0 aliphatic heterocycles. The molecule has 0 aromatic heterocycles. The second kappa shape index (κ2) is 19.1. The van der Waals surface area contributed by atoms with Gasteiger partial charge in [0.1, 0.15) is 11.9 Å². The van der Waals surface area contributed by atoms with Crippen molar-refractivity contribution < 1.29 is 28.9 Å². The molecule has 2 aromatic rings. The van der Waals surface area contributed by atoms with E-state index < -0.39 is 15.8 Å². The number of benzene rings is 2. The van der Waals surface area contributed by atoms with Crippen LogP contribution in [0, 0.1) is 20.2 Å². The van der Waals surface area contributed by atoms with Crippen LogP contribution in [0.5, 0.6) is 5.75 Å². The third kappa shape index (κ3) is 13.7. The number of allylic oxidation sites excluding steroid dienone is 1. The fraction of sp³-hybridized carbons (Fsp3) is 0.484. The molecule has 10 nitrogen and oxygen atoms in total. The molecule has 10 heteroatoms. The topological polar surface area (TPSA) is 139 Å². The number of hydrogen-bond acceptors (Lipinski definition) is 8. The Morgan fingerprint density at radius 1 is 0.780 bits per heavy atom. The van der Waals surface area contributed by atoms with Crippen molar-refractivity contribution in [3.05, 3.63) is 86.5 Å². The molecule has 41 heavy (non-hydrogen) atoms. The Kier molecular flexibility index (Phi) is 15.4. The molecule has 0 aliphatic carbocycles. The van der Waals surface area contributed by atoms with E-state index in [-0.39, 0.29) is 23.4 Å². The number of nitro benzene ring substituents is 2. The Bertz CT molecular complexity index is 1130. The lowest BCUT2D eigenvalue weighted by Gasteiger charge is -2.16. The van der Waals surface area contributed by atoms with Gasteiger partial charge >= 0.3 is 11.9 Å². The first-order valence-corrected chi connectivity index (χ1v) is 14.4. The van der Waals surface area contributed by atoms with Crippen LogP contribution in [0.3, 0.4) is 0 Å². The minimum atomic E-state index is -0.503. The van der Waals surface area contributed by atoms with Gasteiger partial charge in [0.25, 0.3) is 11.4 Å². The van der Waals surface area contributed by atoms with E-state index in [0.717, 1.165) is 70.6 Å². The van der Waals surface area contributed by atoms with Crippen molar-refractivity contribution in [2.24, 2.45) is 0 Å². The van der Waals surface area contributed by atoms with Crippen LogP contribution < -0.4 is 4.74 Å². The lowest BCUT2D eigenvalue weighted by molar-refractivity contribution is -0.385.